The number of hydrogen-bond donors (Lipinski definition) is 2. The zero-order valence-corrected chi connectivity index (χ0v) is 18.3. The van der Waals surface area contributed by atoms with Crippen molar-refractivity contribution in [1.29, 1.82) is 0 Å². The van der Waals surface area contributed by atoms with Crippen LogP contribution >= 0.6 is 23.2 Å². The first-order chi connectivity index (χ1) is 15.0. The fourth-order valence-electron chi connectivity index (χ4n) is 2.53. The van der Waals surface area contributed by atoms with Crippen LogP contribution in [0.15, 0.2) is 17.0 Å². The van der Waals surface area contributed by atoms with Crippen LogP contribution in [0.3, 0.4) is 0 Å². The number of benzene rings is 2. The maximum absolute atomic E-state index is 14.0. The normalized spacial score (nSPS) is 12.1. The Morgan fingerprint density at radius 1 is 1.03 bits per heavy atom. The van der Waals surface area contributed by atoms with E-state index in [9.17, 15) is 49.1 Å². The second-order valence-corrected chi connectivity index (χ2v) is 9.14. The first kappa shape index (κ1) is 26.8. The quantitative estimate of drug-likeness (QED) is 0.183. The van der Waals surface area contributed by atoms with Crippen molar-refractivity contribution in [2.24, 2.45) is 0 Å². The Bertz CT molecular complexity index is 1220. The van der Waals surface area contributed by atoms with Crippen LogP contribution in [0.4, 0.5) is 36.4 Å². The van der Waals surface area contributed by atoms with Crippen LogP contribution in [0.5, 0.6) is 5.75 Å². The maximum atomic E-state index is 14.0. The van der Waals surface area contributed by atoms with Gasteiger partial charge in [0.05, 0.1) is 22.3 Å². The molecule has 0 spiro atoms. The molecule has 2 aromatic rings. The van der Waals surface area contributed by atoms with E-state index in [1.165, 1.54) is 0 Å². The summed E-state index contributed by atoms with van der Waals surface area (Å²) >= 11 is 11.4. The molecule has 0 radical (unpaired) electrons. The summed E-state index contributed by atoms with van der Waals surface area (Å²) in [6.45, 7) is -0.752. The molecule has 0 aromatic heterocycles. The summed E-state index contributed by atoms with van der Waals surface area (Å²) in [7, 11) is -4.79. The number of rotatable bonds is 6. The Kier molecular flexibility index (Phi) is 7.65. The monoisotopic (exact) mass is 542 g/mol. The van der Waals surface area contributed by atoms with Gasteiger partial charge in [0, 0.05) is 13.1 Å². The second kappa shape index (κ2) is 9.43. The van der Waals surface area contributed by atoms with Gasteiger partial charge in [-0.1, -0.05) is 23.2 Å². The van der Waals surface area contributed by atoms with Crippen LogP contribution in [0.25, 0.3) is 0 Å². The highest BCUT2D eigenvalue weighted by atomic mass is 35.5. The third-order valence-electron chi connectivity index (χ3n) is 4.08. The number of nitrogens with one attached hydrogen (secondary N) is 1. The number of carbonyl (C=O) groups is 1. The number of hydrogen-bond acceptors (Lipinski definition) is 5. The van der Waals surface area contributed by atoms with Crippen LogP contribution in [-0.2, 0) is 20.8 Å². The molecule has 0 unspecified atom stereocenters. The van der Waals surface area contributed by atoms with Crippen molar-refractivity contribution in [2.45, 2.75) is 11.1 Å². The summed E-state index contributed by atoms with van der Waals surface area (Å²) in [6.07, 6.45) is -5.92. The number of halogens is 9. The van der Waals surface area contributed by atoms with Crippen LogP contribution in [-0.4, -0.2) is 43.8 Å². The number of anilines is 1. The smallest absolute Gasteiger partial charge is 0.420 e. The van der Waals surface area contributed by atoms with E-state index in [2.05, 4.69) is 5.32 Å². The summed E-state index contributed by atoms with van der Waals surface area (Å²) in [5.74, 6) is -14.6. The van der Waals surface area contributed by atoms with E-state index in [4.69, 9.17) is 23.2 Å². The minimum absolute atomic E-state index is 0.0316. The first-order valence-corrected chi connectivity index (χ1v) is 10.7. The Balaban J connectivity index is 2.34. The predicted molar refractivity (Wildman–Crippen MR) is 103 cm³/mol. The number of phenols is 1. The Labute approximate surface area is 191 Å². The minimum atomic E-state index is -5.92. The minimum Gasteiger partial charge on any atom is -0.506 e. The van der Waals surface area contributed by atoms with Crippen molar-refractivity contribution in [3.63, 3.8) is 0 Å². The average molecular weight is 543 g/mol. The van der Waals surface area contributed by atoms with Gasteiger partial charge in [0.2, 0.25) is 5.91 Å². The van der Waals surface area contributed by atoms with Gasteiger partial charge in [-0.2, -0.15) is 13.2 Å². The Morgan fingerprint density at radius 3 is 2.09 bits per heavy atom. The molecule has 0 aliphatic rings. The molecule has 33 heavy (non-hydrogen) atoms. The lowest BCUT2D eigenvalue weighted by Crippen LogP contribution is -2.37. The zero-order chi connectivity index (χ0) is 25.5. The molecule has 0 aliphatic heterocycles. The number of phenolic OH excluding ortho intramolecular Hbond substituents is 1. The molecule has 0 aliphatic carbocycles. The third kappa shape index (κ3) is 5.55. The van der Waals surface area contributed by atoms with Crippen molar-refractivity contribution in [1.82, 2.24) is 4.90 Å². The van der Waals surface area contributed by atoms with Crippen molar-refractivity contribution < 1.29 is 49.1 Å². The van der Waals surface area contributed by atoms with Gasteiger partial charge in [-0.25, -0.2) is 26.0 Å². The fraction of sp³-hybridized carbons (Fsp3) is 0.235. The summed E-state index contributed by atoms with van der Waals surface area (Å²) in [5.41, 5.74) is -3.00. The highest BCUT2D eigenvalue weighted by Gasteiger charge is 2.46. The Morgan fingerprint density at radius 2 is 1.55 bits per heavy atom. The summed E-state index contributed by atoms with van der Waals surface area (Å²) in [6, 6.07) is 2.13. The molecule has 2 aromatic carbocycles. The van der Waals surface area contributed by atoms with E-state index in [-0.39, 0.29) is 20.6 Å². The van der Waals surface area contributed by atoms with Crippen LogP contribution in [0, 0.1) is 23.3 Å². The largest absolute Gasteiger partial charge is 0.506 e. The molecule has 2 rings (SSSR count). The zero-order valence-electron chi connectivity index (χ0n) is 16.0. The van der Waals surface area contributed by atoms with Gasteiger partial charge >= 0.3 is 6.18 Å². The van der Waals surface area contributed by atoms with Gasteiger partial charge in [-0.3, -0.25) is 4.79 Å². The number of carbonyl (C=O) groups excluding carboxylic acids is 1. The Hall–Kier alpha value is -2.45. The van der Waals surface area contributed by atoms with E-state index < -0.39 is 73.8 Å². The topological polar surface area (TPSA) is 86.7 Å². The van der Waals surface area contributed by atoms with Gasteiger partial charge in [0.1, 0.15) is 22.1 Å². The molecular formula is C17H11Cl2F7N2O4S. The molecule has 0 fully saturated rings. The SMILES string of the molecule is CN(CS(=O)(=O)c1c(F)c(F)c(F)c(F)c1C(F)(F)F)C(=O)CNc1cc(Cl)c(Cl)cc1O. The van der Waals surface area contributed by atoms with E-state index >= 15 is 0 Å². The van der Waals surface area contributed by atoms with E-state index in [1.54, 1.807) is 0 Å². The van der Waals surface area contributed by atoms with Crippen LogP contribution in [0.1, 0.15) is 5.56 Å². The van der Waals surface area contributed by atoms with E-state index in [1.807, 2.05) is 0 Å². The summed E-state index contributed by atoms with van der Waals surface area (Å²) < 4.78 is 119. The summed E-state index contributed by atoms with van der Waals surface area (Å²) in [5, 5.41) is 12.0. The molecule has 1 amide bonds. The average Bonchev–Trinajstić information content (AvgIpc) is 2.68. The number of alkyl halides is 3. The second-order valence-electron chi connectivity index (χ2n) is 6.43. The maximum Gasteiger partial charge on any atom is 0.420 e. The molecule has 6 nitrogen and oxygen atoms in total. The van der Waals surface area contributed by atoms with Gasteiger partial charge in [-0.05, 0) is 6.07 Å². The van der Waals surface area contributed by atoms with E-state index in [0.717, 1.165) is 19.2 Å². The van der Waals surface area contributed by atoms with Gasteiger partial charge in [0.15, 0.2) is 33.1 Å². The molecule has 2 N–H and O–H groups in total. The number of nitrogens with zero attached hydrogens (tertiary/aromatic N) is 1. The lowest BCUT2D eigenvalue weighted by atomic mass is 10.2. The first-order valence-electron chi connectivity index (χ1n) is 8.30. The van der Waals surface area contributed by atoms with Gasteiger partial charge in [0.25, 0.3) is 0 Å². The highest BCUT2D eigenvalue weighted by Crippen LogP contribution is 2.40. The highest BCUT2D eigenvalue weighted by molar-refractivity contribution is 7.91. The molecule has 0 saturated carbocycles. The molecule has 0 saturated heterocycles. The van der Waals surface area contributed by atoms with Crippen LogP contribution < -0.4 is 5.32 Å². The standard InChI is InChI=1S/C17H11Cl2F7N2O4S/c1-28(10(30)4-27-8-2-6(18)7(19)3-9(8)29)5-33(31,32)16-11(17(24,25)26)12(20)13(21)14(22)15(16)23/h2-3,27,29H,4-5H2,1H3. The molecule has 0 bridgehead atoms. The fourth-order valence-corrected chi connectivity index (χ4v) is 4.52. The summed E-state index contributed by atoms with van der Waals surface area (Å²) in [4.78, 5) is 9.98. The third-order valence-corrected chi connectivity index (χ3v) is 6.53. The van der Waals surface area contributed by atoms with Gasteiger partial charge in [-0.15, -0.1) is 0 Å². The number of amides is 1. The number of likely N-dealkylation sites (N-methyl/N-ethyl adjacent to an activating group) is 1. The van der Waals surface area contributed by atoms with Crippen molar-refractivity contribution in [3.05, 3.63) is 51.0 Å². The predicted octanol–water partition coefficient (Wildman–Crippen LogP) is 4.58. The molecule has 182 valence electrons. The molecule has 16 heteroatoms. The van der Waals surface area contributed by atoms with Gasteiger partial charge < -0.3 is 15.3 Å². The van der Waals surface area contributed by atoms with Crippen molar-refractivity contribution in [2.75, 3.05) is 24.8 Å². The number of aromatic hydroxyl groups is 1. The van der Waals surface area contributed by atoms with Crippen LogP contribution in [0.2, 0.25) is 10.0 Å². The number of sulfone groups is 1. The van der Waals surface area contributed by atoms with E-state index in [0.29, 0.717) is 0 Å². The van der Waals surface area contributed by atoms with Crippen molar-refractivity contribution >= 4 is 44.6 Å². The molecule has 0 heterocycles. The molecular weight excluding hydrogens is 532 g/mol. The lowest BCUT2D eigenvalue weighted by Gasteiger charge is -2.21. The molecule has 0 atom stereocenters. The lowest BCUT2D eigenvalue weighted by molar-refractivity contribution is -0.143. The van der Waals surface area contributed by atoms with Crippen molar-refractivity contribution in [3.8, 4) is 5.75 Å².